The lowest BCUT2D eigenvalue weighted by Crippen LogP contribution is -2.12. The fourth-order valence-corrected chi connectivity index (χ4v) is 0.932. The number of hydrogen-bond donors (Lipinski definition) is 1. The summed E-state index contributed by atoms with van der Waals surface area (Å²) in [5, 5.41) is 0. The van der Waals surface area contributed by atoms with Crippen LogP contribution in [-0.2, 0) is 0 Å². The van der Waals surface area contributed by atoms with E-state index in [2.05, 4.69) is 5.92 Å². The average Bonchev–Trinajstić information content (AvgIpc) is 2.14. The normalized spacial score (nSPS) is 15.4. The zero-order valence-electron chi connectivity index (χ0n) is 9.36. The molecule has 2 N–H and O–H groups in total. The summed E-state index contributed by atoms with van der Waals surface area (Å²) in [6.45, 7) is 1.47. The molecule has 102 valence electrons. The molecule has 0 fully saturated rings. The fourth-order valence-electron chi connectivity index (χ4n) is 0.932. The third kappa shape index (κ3) is 7.65. The Hall–Kier alpha value is -1.58. The zero-order valence-corrected chi connectivity index (χ0v) is 9.36. The number of hydrogen-bond acceptors (Lipinski definition) is 1. The lowest BCUT2D eigenvalue weighted by atomic mass is 10.1. The Morgan fingerprint density at radius 1 is 1.22 bits per heavy atom. The van der Waals surface area contributed by atoms with Gasteiger partial charge >= 0.3 is 12.4 Å². The first kappa shape index (κ1) is 16.4. The Balaban J connectivity index is 4.97. The van der Waals surface area contributed by atoms with Crippen molar-refractivity contribution in [3.05, 3.63) is 23.8 Å². The SMILES string of the molecule is CC(C#CN)C=C/C(=C\CC(F)(F)F)C(F)(F)F. The van der Waals surface area contributed by atoms with Crippen molar-refractivity contribution in [2.24, 2.45) is 11.7 Å². The molecule has 1 atom stereocenters. The Labute approximate surface area is 100 Å². The topological polar surface area (TPSA) is 26.0 Å². The van der Waals surface area contributed by atoms with E-state index in [0.717, 1.165) is 6.08 Å². The Morgan fingerprint density at radius 2 is 1.78 bits per heavy atom. The molecule has 0 radical (unpaired) electrons. The molecule has 0 spiro atoms. The first-order valence-corrected chi connectivity index (χ1v) is 4.79. The Kier molecular flexibility index (Phi) is 5.82. The van der Waals surface area contributed by atoms with Gasteiger partial charge in [0.2, 0.25) is 0 Å². The van der Waals surface area contributed by atoms with E-state index in [-0.39, 0.29) is 6.08 Å². The highest BCUT2D eigenvalue weighted by Gasteiger charge is 2.34. The summed E-state index contributed by atoms with van der Waals surface area (Å²) < 4.78 is 72.7. The van der Waals surface area contributed by atoms with E-state index in [1.165, 1.54) is 6.92 Å². The zero-order chi connectivity index (χ0) is 14.4. The van der Waals surface area contributed by atoms with Crippen LogP contribution in [0, 0.1) is 17.9 Å². The number of allylic oxidation sites excluding steroid dienone is 4. The minimum atomic E-state index is -4.84. The molecule has 0 saturated carbocycles. The first-order chi connectivity index (χ1) is 8.06. The van der Waals surface area contributed by atoms with Gasteiger partial charge in [0.1, 0.15) is 0 Å². The minimum Gasteiger partial charge on any atom is -0.359 e. The molecular formula is C11H11F6N. The maximum absolute atomic E-state index is 12.4. The molecule has 0 aliphatic rings. The molecule has 0 aromatic carbocycles. The van der Waals surface area contributed by atoms with Crippen LogP contribution in [-0.4, -0.2) is 12.4 Å². The summed E-state index contributed by atoms with van der Waals surface area (Å²) in [5.41, 5.74) is 3.50. The van der Waals surface area contributed by atoms with Crippen LogP contribution in [0.15, 0.2) is 23.8 Å². The summed E-state index contributed by atoms with van der Waals surface area (Å²) in [4.78, 5) is 0. The van der Waals surface area contributed by atoms with Crippen LogP contribution in [0.2, 0.25) is 0 Å². The summed E-state index contributed by atoms with van der Waals surface area (Å²) in [7, 11) is 0. The summed E-state index contributed by atoms with van der Waals surface area (Å²) in [5.74, 6) is 1.77. The van der Waals surface area contributed by atoms with Crippen LogP contribution in [0.3, 0.4) is 0 Å². The standard InChI is InChI=1S/C11H11F6N/c1-8(5-7-18)2-3-9(11(15,16)17)4-6-10(12,13)14/h2-4,8H,6,18H2,1H3/b3-2?,9-4+. The summed E-state index contributed by atoms with van der Waals surface area (Å²) >= 11 is 0. The highest BCUT2D eigenvalue weighted by molar-refractivity contribution is 5.26. The number of nitrogens with two attached hydrogens (primary N) is 1. The van der Waals surface area contributed by atoms with Crippen molar-refractivity contribution >= 4 is 0 Å². The molecule has 1 unspecified atom stereocenters. The van der Waals surface area contributed by atoms with E-state index in [4.69, 9.17) is 5.73 Å². The van der Waals surface area contributed by atoms with Crippen molar-refractivity contribution in [1.29, 1.82) is 0 Å². The molecular weight excluding hydrogens is 260 g/mol. The van der Waals surface area contributed by atoms with E-state index in [0.29, 0.717) is 6.08 Å². The van der Waals surface area contributed by atoms with E-state index in [9.17, 15) is 26.3 Å². The summed E-state index contributed by atoms with van der Waals surface area (Å²) in [6.07, 6.45) is -9.44. The van der Waals surface area contributed by atoms with Crippen LogP contribution in [0.1, 0.15) is 13.3 Å². The smallest absolute Gasteiger partial charge is 0.359 e. The highest BCUT2D eigenvalue weighted by atomic mass is 19.4. The van der Waals surface area contributed by atoms with Crippen LogP contribution >= 0.6 is 0 Å². The van der Waals surface area contributed by atoms with Crippen molar-refractivity contribution in [2.45, 2.75) is 25.7 Å². The average molecular weight is 271 g/mol. The second-order valence-electron chi connectivity index (χ2n) is 3.41. The molecule has 0 rings (SSSR count). The van der Waals surface area contributed by atoms with E-state index >= 15 is 0 Å². The van der Waals surface area contributed by atoms with Gasteiger partial charge < -0.3 is 5.73 Å². The van der Waals surface area contributed by atoms with Gasteiger partial charge in [0.15, 0.2) is 0 Å². The molecule has 7 heteroatoms. The van der Waals surface area contributed by atoms with Crippen molar-refractivity contribution in [1.82, 2.24) is 0 Å². The maximum Gasteiger partial charge on any atom is 0.416 e. The number of alkyl halides is 6. The second kappa shape index (κ2) is 6.38. The van der Waals surface area contributed by atoms with Gasteiger partial charge in [0.05, 0.1) is 12.0 Å². The third-order valence-electron chi connectivity index (χ3n) is 1.76. The quantitative estimate of drug-likeness (QED) is 0.361. The van der Waals surface area contributed by atoms with Gasteiger partial charge in [0, 0.05) is 12.0 Å². The van der Waals surface area contributed by atoms with Gasteiger partial charge in [-0.05, 0) is 6.92 Å². The molecule has 0 aromatic rings. The van der Waals surface area contributed by atoms with Crippen LogP contribution in [0.25, 0.3) is 0 Å². The first-order valence-electron chi connectivity index (χ1n) is 4.79. The monoisotopic (exact) mass is 271 g/mol. The molecule has 0 aromatic heterocycles. The van der Waals surface area contributed by atoms with Crippen molar-refractivity contribution in [3.8, 4) is 12.0 Å². The predicted octanol–water partition coefficient (Wildman–Crippen LogP) is 3.54. The lowest BCUT2D eigenvalue weighted by Gasteiger charge is -2.09. The molecule has 0 heterocycles. The number of halogens is 6. The van der Waals surface area contributed by atoms with E-state index in [1.54, 1.807) is 0 Å². The number of rotatable bonds is 3. The van der Waals surface area contributed by atoms with Gasteiger partial charge in [-0.3, -0.25) is 0 Å². The van der Waals surface area contributed by atoms with Crippen molar-refractivity contribution in [3.63, 3.8) is 0 Å². The highest BCUT2D eigenvalue weighted by Crippen LogP contribution is 2.30. The van der Waals surface area contributed by atoms with Crippen LogP contribution in [0.4, 0.5) is 26.3 Å². The predicted molar refractivity (Wildman–Crippen MR) is 55.1 cm³/mol. The van der Waals surface area contributed by atoms with E-state index < -0.39 is 30.3 Å². The largest absolute Gasteiger partial charge is 0.416 e. The van der Waals surface area contributed by atoms with Crippen LogP contribution in [0.5, 0.6) is 0 Å². The van der Waals surface area contributed by atoms with Gasteiger partial charge in [0.25, 0.3) is 0 Å². The molecule has 0 aliphatic carbocycles. The second-order valence-corrected chi connectivity index (χ2v) is 3.41. The van der Waals surface area contributed by atoms with Crippen LogP contribution < -0.4 is 5.73 Å². The fraction of sp³-hybridized carbons (Fsp3) is 0.455. The molecule has 0 bridgehead atoms. The molecule has 18 heavy (non-hydrogen) atoms. The Morgan fingerprint density at radius 3 is 2.17 bits per heavy atom. The van der Waals surface area contributed by atoms with Crippen molar-refractivity contribution in [2.75, 3.05) is 0 Å². The van der Waals surface area contributed by atoms with E-state index in [1.807, 2.05) is 6.04 Å². The van der Waals surface area contributed by atoms with Crippen molar-refractivity contribution < 1.29 is 26.3 Å². The molecule has 0 amide bonds. The van der Waals surface area contributed by atoms with Gasteiger partial charge in [-0.25, -0.2) is 0 Å². The molecule has 1 nitrogen and oxygen atoms in total. The molecule has 0 saturated heterocycles. The molecule has 0 aliphatic heterocycles. The van der Waals surface area contributed by atoms with Gasteiger partial charge in [-0.2, -0.15) is 26.3 Å². The Bertz CT molecular complexity index is 377. The third-order valence-corrected chi connectivity index (χ3v) is 1.76. The van der Waals surface area contributed by atoms with Gasteiger partial charge in [-0.1, -0.05) is 24.1 Å². The maximum atomic E-state index is 12.4. The lowest BCUT2D eigenvalue weighted by molar-refractivity contribution is -0.126. The minimum absolute atomic E-state index is 0.0963. The summed E-state index contributed by atoms with van der Waals surface area (Å²) in [6, 6.07) is 2.00. The van der Waals surface area contributed by atoms with Gasteiger partial charge in [-0.15, -0.1) is 0 Å².